The van der Waals surface area contributed by atoms with E-state index in [1.807, 2.05) is 0 Å². The summed E-state index contributed by atoms with van der Waals surface area (Å²) in [7, 11) is 0. The van der Waals surface area contributed by atoms with Gasteiger partial charge in [-0.1, -0.05) is 12.1 Å². The summed E-state index contributed by atoms with van der Waals surface area (Å²) < 4.78 is 9.86. The highest BCUT2D eigenvalue weighted by Gasteiger charge is 2.04. The van der Waals surface area contributed by atoms with Crippen molar-refractivity contribution in [2.75, 3.05) is 13.2 Å². The van der Waals surface area contributed by atoms with E-state index in [0.29, 0.717) is 17.9 Å². The molecule has 0 amide bonds. The fourth-order valence-corrected chi connectivity index (χ4v) is 1.22. The molecule has 1 N–H and O–H groups in total. The molecule has 0 atom stereocenters. The van der Waals surface area contributed by atoms with Crippen molar-refractivity contribution in [2.45, 2.75) is 13.3 Å². The van der Waals surface area contributed by atoms with Crippen molar-refractivity contribution in [3.05, 3.63) is 29.8 Å². The average molecular weight is 238 g/mol. The Morgan fingerprint density at radius 1 is 1.24 bits per heavy atom. The molecule has 1 rings (SSSR count). The standard InChI is InChI=1S/C12H14O5/c1-2-16-12(15)8-17-10-5-3-9(4-6-10)7-11(13)14/h3-6H,2,7-8H2,1H3,(H,13,14). The van der Waals surface area contributed by atoms with Crippen LogP contribution in [0.2, 0.25) is 0 Å². The number of carbonyl (C=O) groups is 2. The van der Waals surface area contributed by atoms with Crippen LogP contribution in [-0.2, 0) is 20.7 Å². The first kappa shape index (κ1) is 13.0. The summed E-state index contributed by atoms with van der Waals surface area (Å²) in [5.41, 5.74) is 0.681. The molecule has 0 unspecified atom stereocenters. The first-order valence-electron chi connectivity index (χ1n) is 5.21. The van der Waals surface area contributed by atoms with Gasteiger partial charge in [0.15, 0.2) is 6.61 Å². The first-order chi connectivity index (χ1) is 8.11. The zero-order valence-corrected chi connectivity index (χ0v) is 9.51. The highest BCUT2D eigenvalue weighted by atomic mass is 16.6. The molecule has 1 aromatic carbocycles. The number of benzene rings is 1. The third-order valence-corrected chi connectivity index (χ3v) is 1.94. The van der Waals surface area contributed by atoms with Crippen molar-refractivity contribution in [3.8, 4) is 5.75 Å². The average Bonchev–Trinajstić information content (AvgIpc) is 2.28. The van der Waals surface area contributed by atoms with Gasteiger partial charge >= 0.3 is 11.9 Å². The maximum absolute atomic E-state index is 11.0. The predicted molar refractivity (Wildman–Crippen MR) is 59.9 cm³/mol. The van der Waals surface area contributed by atoms with Gasteiger partial charge in [0.25, 0.3) is 0 Å². The van der Waals surface area contributed by atoms with Gasteiger partial charge < -0.3 is 14.6 Å². The second kappa shape index (κ2) is 6.52. The number of ether oxygens (including phenoxy) is 2. The van der Waals surface area contributed by atoms with Crippen molar-refractivity contribution in [2.24, 2.45) is 0 Å². The maximum Gasteiger partial charge on any atom is 0.344 e. The molecular formula is C12H14O5. The Kier molecular flexibility index (Phi) is 5.00. The lowest BCUT2D eigenvalue weighted by molar-refractivity contribution is -0.145. The van der Waals surface area contributed by atoms with Gasteiger partial charge in [-0.25, -0.2) is 4.79 Å². The van der Waals surface area contributed by atoms with Crippen LogP contribution in [-0.4, -0.2) is 30.3 Å². The topological polar surface area (TPSA) is 72.8 Å². The number of carboxylic acids is 1. The number of aliphatic carboxylic acids is 1. The Morgan fingerprint density at radius 3 is 2.41 bits per heavy atom. The summed E-state index contributed by atoms with van der Waals surface area (Å²) in [5.74, 6) is -0.806. The van der Waals surface area contributed by atoms with Crippen molar-refractivity contribution in [1.82, 2.24) is 0 Å². The third-order valence-electron chi connectivity index (χ3n) is 1.94. The van der Waals surface area contributed by atoms with Gasteiger partial charge in [0, 0.05) is 0 Å². The minimum atomic E-state index is -0.884. The smallest absolute Gasteiger partial charge is 0.344 e. The normalized spacial score (nSPS) is 9.71. The highest BCUT2D eigenvalue weighted by Crippen LogP contribution is 2.12. The van der Waals surface area contributed by atoms with Crippen molar-refractivity contribution < 1.29 is 24.2 Å². The van der Waals surface area contributed by atoms with E-state index in [2.05, 4.69) is 0 Å². The minimum absolute atomic E-state index is 0.0296. The van der Waals surface area contributed by atoms with E-state index in [-0.39, 0.29) is 13.0 Å². The van der Waals surface area contributed by atoms with Crippen LogP contribution in [0.15, 0.2) is 24.3 Å². The molecule has 5 heteroatoms. The number of rotatable bonds is 6. The van der Waals surface area contributed by atoms with E-state index in [9.17, 15) is 9.59 Å². The van der Waals surface area contributed by atoms with Gasteiger partial charge in [0.05, 0.1) is 13.0 Å². The van der Waals surface area contributed by atoms with Gasteiger partial charge in [0.1, 0.15) is 5.75 Å². The van der Waals surface area contributed by atoms with Gasteiger partial charge in [-0.05, 0) is 24.6 Å². The van der Waals surface area contributed by atoms with E-state index in [4.69, 9.17) is 14.6 Å². The molecule has 0 aliphatic heterocycles. The lowest BCUT2D eigenvalue weighted by Crippen LogP contribution is -2.14. The molecule has 0 bridgehead atoms. The zero-order chi connectivity index (χ0) is 12.7. The van der Waals surface area contributed by atoms with E-state index in [1.165, 1.54) is 0 Å². The monoisotopic (exact) mass is 238 g/mol. The van der Waals surface area contributed by atoms with Crippen LogP contribution < -0.4 is 4.74 Å². The van der Waals surface area contributed by atoms with Crippen molar-refractivity contribution in [3.63, 3.8) is 0 Å². The van der Waals surface area contributed by atoms with Crippen molar-refractivity contribution >= 4 is 11.9 Å². The molecule has 0 aliphatic rings. The summed E-state index contributed by atoms with van der Waals surface area (Å²) in [6.07, 6.45) is -0.0296. The zero-order valence-electron chi connectivity index (χ0n) is 9.51. The van der Waals surface area contributed by atoms with Gasteiger partial charge in [-0.2, -0.15) is 0 Å². The summed E-state index contributed by atoms with van der Waals surface area (Å²) in [5, 5.41) is 8.58. The summed E-state index contributed by atoms with van der Waals surface area (Å²) >= 11 is 0. The van der Waals surface area contributed by atoms with Crippen LogP contribution in [0.5, 0.6) is 5.75 Å². The molecule has 92 valence electrons. The van der Waals surface area contributed by atoms with Gasteiger partial charge in [-0.15, -0.1) is 0 Å². The number of carbonyl (C=O) groups excluding carboxylic acids is 1. The third kappa shape index (κ3) is 5.01. The summed E-state index contributed by atoms with van der Waals surface area (Å²) in [4.78, 5) is 21.5. The molecule has 0 radical (unpaired) electrons. The van der Waals surface area contributed by atoms with Gasteiger partial charge in [-0.3, -0.25) is 4.79 Å². The quantitative estimate of drug-likeness (QED) is 0.755. The molecule has 0 heterocycles. The fraction of sp³-hybridized carbons (Fsp3) is 0.333. The Bertz CT molecular complexity index is 382. The molecule has 17 heavy (non-hydrogen) atoms. The highest BCUT2D eigenvalue weighted by molar-refractivity contribution is 5.71. The van der Waals surface area contributed by atoms with Crippen LogP contribution in [0, 0.1) is 0 Å². The lowest BCUT2D eigenvalue weighted by atomic mass is 10.1. The SMILES string of the molecule is CCOC(=O)COc1ccc(CC(=O)O)cc1. The van der Waals surface area contributed by atoms with E-state index < -0.39 is 11.9 Å². The minimum Gasteiger partial charge on any atom is -0.482 e. The molecule has 0 saturated carbocycles. The Hall–Kier alpha value is -2.04. The number of esters is 1. The molecule has 0 saturated heterocycles. The molecule has 0 aromatic heterocycles. The Morgan fingerprint density at radius 2 is 1.88 bits per heavy atom. The van der Waals surface area contributed by atoms with E-state index >= 15 is 0 Å². The second-order valence-electron chi connectivity index (χ2n) is 3.31. The molecule has 0 aliphatic carbocycles. The molecule has 0 spiro atoms. The van der Waals surface area contributed by atoms with Crippen LogP contribution in [0.3, 0.4) is 0 Å². The lowest BCUT2D eigenvalue weighted by Gasteiger charge is -2.06. The number of hydrogen-bond acceptors (Lipinski definition) is 4. The molecule has 5 nitrogen and oxygen atoms in total. The van der Waals surface area contributed by atoms with Crippen LogP contribution in [0.25, 0.3) is 0 Å². The Balaban J connectivity index is 2.45. The number of hydrogen-bond donors (Lipinski definition) is 1. The van der Waals surface area contributed by atoms with Gasteiger partial charge in [0.2, 0.25) is 0 Å². The van der Waals surface area contributed by atoms with Crippen LogP contribution in [0.1, 0.15) is 12.5 Å². The van der Waals surface area contributed by atoms with Crippen LogP contribution in [0.4, 0.5) is 0 Å². The number of carboxylic acid groups (broad SMARTS) is 1. The van der Waals surface area contributed by atoms with Crippen molar-refractivity contribution in [1.29, 1.82) is 0 Å². The largest absolute Gasteiger partial charge is 0.482 e. The summed E-state index contributed by atoms with van der Waals surface area (Å²) in [6, 6.07) is 6.54. The molecular weight excluding hydrogens is 224 g/mol. The van der Waals surface area contributed by atoms with Crippen LogP contribution >= 0.6 is 0 Å². The summed E-state index contributed by atoms with van der Waals surface area (Å²) in [6.45, 7) is 1.89. The maximum atomic E-state index is 11.0. The Labute approximate surface area is 99.0 Å². The fourth-order valence-electron chi connectivity index (χ4n) is 1.22. The van der Waals surface area contributed by atoms with E-state index in [0.717, 1.165) is 0 Å². The second-order valence-corrected chi connectivity index (χ2v) is 3.31. The first-order valence-corrected chi connectivity index (χ1v) is 5.21. The molecule has 0 fully saturated rings. The molecule has 1 aromatic rings. The predicted octanol–water partition coefficient (Wildman–Crippen LogP) is 1.26. The van der Waals surface area contributed by atoms with E-state index in [1.54, 1.807) is 31.2 Å².